The van der Waals surface area contributed by atoms with E-state index in [2.05, 4.69) is 10.6 Å². The number of carbonyl (C=O) groups is 3. The largest absolute Gasteiger partial charge is 0.352 e. The number of sulfonamides is 1. The summed E-state index contributed by atoms with van der Waals surface area (Å²) in [5.41, 5.74) is 0. The van der Waals surface area contributed by atoms with Gasteiger partial charge in [-0.25, -0.2) is 17.5 Å². The van der Waals surface area contributed by atoms with Gasteiger partial charge in [0.05, 0.1) is 12.7 Å². The summed E-state index contributed by atoms with van der Waals surface area (Å²) >= 11 is 0. The molecule has 0 aromatic heterocycles. The predicted octanol–water partition coefficient (Wildman–Crippen LogP) is -1.88. The van der Waals surface area contributed by atoms with E-state index in [4.69, 9.17) is 0 Å². The van der Waals surface area contributed by atoms with Gasteiger partial charge in [0.1, 0.15) is 6.04 Å². The zero-order valence-electron chi connectivity index (χ0n) is 11.6. The first-order valence-corrected chi connectivity index (χ1v) is 8.46. The van der Waals surface area contributed by atoms with E-state index in [-0.39, 0.29) is 19.0 Å². The summed E-state index contributed by atoms with van der Waals surface area (Å²) in [5.74, 6) is -0.922. The Bertz CT molecular complexity index is 561. The average Bonchev–Trinajstić information content (AvgIpc) is 2.67. The number of amides is 4. The van der Waals surface area contributed by atoms with Gasteiger partial charge in [-0.3, -0.25) is 14.9 Å². The maximum absolute atomic E-state index is 11.9. The molecule has 2 aliphatic rings. The van der Waals surface area contributed by atoms with Crippen LogP contribution in [0.3, 0.4) is 0 Å². The number of rotatable bonds is 4. The number of nitrogens with zero attached hydrogens (tertiary/aromatic N) is 1. The molecule has 21 heavy (non-hydrogen) atoms. The molecule has 0 aromatic carbocycles. The lowest BCUT2D eigenvalue weighted by Gasteiger charge is -2.31. The first-order valence-electron chi connectivity index (χ1n) is 6.61. The molecule has 2 fully saturated rings. The second-order valence-corrected chi connectivity index (χ2v) is 7.23. The number of urea groups is 1. The van der Waals surface area contributed by atoms with Crippen LogP contribution in [0.5, 0.6) is 0 Å². The van der Waals surface area contributed by atoms with Crippen LogP contribution in [0, 0.1) is 0 Å². The van der Waals surface area contributed by atoms with Gasteiger partial charge in [0, 0.05) is 19.1 Å². The maximum atomic E-state index is 11.9. The Kier molecular flexibility index (Phi) is 4.47. The number of hydrogen-bond acceptors (Lipinski definition) is 5. The summed E-state index contributed by atoms with van der Waals surface area (Å²) in [6.45, 7) is 0.681. The number of piperidine rings is 1. The fourth-order valence-electron chi connectivity index (χ4n) is 2.44. The van der Waals surface area contributed by atoms with Crippen molar-refractivity contribution >= 4 is 27.9 Å². The highest BCUT2D eigenvalue weighted by molar-refractivity contribution is 7.88. The summed E-state index contributed by atoms with van der Waals surface area (Å²) < 4.78 is 24.3. The van der Waals surface area contributed by atoms with Crippen LogP contribution in [0.15, 0.2) is 0 Å². The summed E-state index contributed by atoms with van der Waals surface area (Å²) in [4.78, 5) is 34.1. The van der Waals surface area contributed by atoms with E-state index in [9.17, 15) is 22.8 Å². The molecule has 0 bridgehead atoms. The van der Waals surface area contributed by atoms with E-state index >= 15 is 0 Å². The number of carbonyl (C=O) groups excluding carboxylic acids is 3. The molecule has 2 rings (SSSR count). The minimum Gasteiger partial charge on any atom is -0.352 e. The molecule has 0 aromatic rings. The van der Waals surface area contributed by atoms with E-state index in [1.165, 1.54) is 4.31 Å². The molecule has 0 aliphatic carbocycles. The summed E-state index contributed by atoms with van der Waals surface area (Å²) in [6, 6.07) is -1.76. The number of imide groups is 1. The molecule has 0 spiro atoms. The van der Waals surface area contributed by atoms with Gasteiger partial charge in [-0.2, -0.15) is 0 Å². The van der Waals surface area contributed by atoms with Gasteiger partial charge in [-0.05, 0) is 12.8 Å². The monoisotopic (exact) mass is 318 g/mol. The Morgan fingerprint density at radius 2 is 2.14 bits per heavy atom. The van der Waals surface area contributed by atoms with Gasteiger partial charge in [0.2, 0.25) is 15.9 Å². The minimum absolute atomic E-state index is 0.160. The molecule has 118 valence electrons. The first-order chi connectivity index (χ1) is 9.75. The Morgan fingerprint density at radius 3 is 2.71 bits per heavy atom. The van der Waals surface area contributed by atoms with Crippen LogP contribution in [0.25, 0.3) is 0 Å². The molecular formula is C11H18N4O5S. The number of nitrogens with one attached hydrogen (secondary N) is 3. The molecule has 0 saturated carbocycles. The quantitative estimate of drug-likeness (QED) is 0.524. The highest BCUT2D eigenvalue weighted by Gasteiger charge is 2.32. The lowest BCUT2D eigenvalue weighted by atomic mass is 10.1. The van der Waals surface area contributed by atoms with Crippen molar-refractivity contribution in [2.45, 2.75) is 31.3 Å². The zero-order chi connectivity index (χ0) is 15.6. The highest BCUT2D eigenvalue weighted by atomic mass is 32.2. The standard InChI is InChI=1S/C11H18N4O5S/c1-21(19,20)15-4-2-3-7(6-15)12-9(16)5-8-10(17)14-11(18)13-8/h7-8H,2-6H2,1H3,(H,12,16)(H2,13,14,17,18)/t7-,8+/m0/s1. The fourth-order valence-corrected chi connectivity index (χ4v) is 3.35. The molecule has 3 N–H and O–H groups in total. The Morgan fingerprint density at radius 1 is 1.43 bits per heavy atom. The van der Waals surface area contributed by atoms with Crippen LogP contribution in [-0.2, 0) is 19.6 Å². The summed E-state index contributed by atoms with van der Waals surface area (Å²) in [5, 5.41) is 7.09. The summed E-state index contributed by atoms with van der Waals surface area (Å²) in [6.07, 6.45) is 2.32. The van der Waals surface area contributed by atoms with Gasteiger partial charge < -0.3 is 10.6 Å². The third kappa shape index (κ3) is 4.14. The molecule has 0 radical (unpaired) electrons. The van der Waals surface area contributed by atoms with Crippen molar-refractivity contribution < 1.29 is 22.8 Å². The lowest BCUT2D eigenvalue weighted by molar-refractivity contribution is -0.127. The summed E-state index contributed by atoms with van der Waals surface area (Å²) in [7, 11) is -3.27. The number of hydrogen-bond donors (Lipinski definition) is 3. The van der Waals surface area contributed by atoms with E-state index in [1.807, 2.05) is 5.32 Å². The molecule has 10 heteroatoms. The normalized spacial score (nSPS) is 27.1. The molecule has 9 nitrogen and oxygen atoms in total. The van der Waals surface area contributed by atoms with E-state index in [0.29, 0.717) is 19.4 Å². The van der Waals surface area contributed by atoms with Crippen LogP contribution in [0.4, 0.5) is 4.79 Å². The van der Waals surface area contributed by atoms with E-state index in [0.717, 1.165) is 6.26 Å². The van der Waals surface area contributed by atoms with Gasteiger partial charge in [-0.1, -0.05) is 0 Å². The first kappa shape index (κ1) is 15.7. The molecule has 0 unspecified atom stereocenters. The lowest BCUT2D eigenvalue weighted by Crippen LogP contribution is -2.50. The molecule has 2 saturated heterocycles. The fraction of sp³-hybridized carbons (Fsp3) is 0.727. The van der Waals surface area contributed by atoms with Crippen molar-refractivity contribution in [3.63, 3.8) is 0 Å². The predicted molar refractivity (Wildman–Crippen MR) is 72.7 cm³/mol. The Hall–Kier alpha value is -1.68. The maximum Gasteiger partial charge on any atom is 0.322 e. The Balaban J connectivity index is 1.85. The third-order valence-corrected chi connectivity index (χ3v) is 4.74. The van der Waals surface area contributed by atoms with Gasteiger partial charge >= 0.3 is 6.03 Å². The molecule has 4 amide bonds. The van der Waals surface area contributed by atoms with Crippen molar-refractivity contribution in [2.24, 2.45) is 0 Å². The van der Waals surface area contributed by atoms with Crippen LogP contribution in [-0.4, -0.2) is 62.0 Å². The van der Waals surface area contributed by atoms with Crippen LogP contribution < -0.4 is 16.0 Å². The van der Waals surface area contributed by atoms with Crippen molar-refractivity contribution in [3.05, 3.63) is 0 Å². The van der Waals surface area contributed by atoms with Crippen molar-refractivity contribution in [2.75, 3.05) is 19.3 Å². The van der Waals surface area contributed by atoms with Crippen molar-refractivity contribution in [3.8, 4) is 0 Å². The van der Waals surface area contributed by atoms with Crippen molar-refractivity contribution in [1.29, 1.82) is 0 Å². The molecular weight excluding hydrogens is 300 g/mol. The topological polar surface area (TPSA) is 125 Å². The van der Waals surface area contributed by atoms with Gasteiger partial charge in [-0.15, -0.1) is 0 Å². The third-order valence-electron chi connectivity index (χ3n) is 3.47. The highest BCUT2D eigenvalue weighted by Crippen LogP contribution is 2.13. The van der Waals surface area contributed by atoms with Crippen molar-refractivity contribution in [1.82, 2.24) is 20.3 Å². The second kappa shape index (κ2) is 5.98. The SMILES string of the molecule is CS(=O)(=O)N1CCC[C@H](NC(=O)C[C@H]2NC(=O)NC2=O)C1. The smallest absolute Gasteiger partial charge is 0.322 e. The minimum atomic E-state index is -3.27. The average molecular weight is 318 g/mol. The van der Waals surface area contributed by atoms with Crippen LogP contribution in [0.1, 0.15) is 19.3 Å². The molecule has 2 atom stereocenters. The second-order valence-electron chi connectivity index (χ2n) is 5.25. The van der Waals surface area contributed by atoms with Crippen LogP contribution in [0.2, 0.25) is 0 Å². The van der Waals surface area contributed by atoms with E-state index in [1.54, 1.807) is 0 Å². The van der Waals surface area contributed by atoms with E-state index < -0.39 is 33.9 Å². The van der Waals surface area contributed by atoms with Gasteiger partial charge in [0.15, 0.2) is 0 Å². The van der Waals surface area contributed by atoms with Gasteiger partial charge in [0.25, 0.3) is 5.91 Å². The molecule has 2 heterocycles. The zero-order valence-corrected chi connectivity index (χ0v) is 12.4. The van der Waals surface area contributed by atoms with Crippen LogP contribution >= 0.6 is 0 Å². The molecule has 2 aliphatic heterocycles. The Labute approximate surface area is 122 Å².